The summed E-state index contributed by atoms with van der Waals surface area (Å²) < 4.78 is 1.81. The smallest absolute Gasteiger partial charge is 0.359 e. The van der Waals surface area contributed by atoms with Crippen molar-refractivity contribution in [1.82, 2.24) is 15.2 Å². The lowest BCUT2D eigenvalue weighted by Crippen LogP contribution is -2.72. The molecule has 4 rings (SSSR count). The van der Waals surface area contributed by atoms with Gasteiger partial charge in [-0.25, -0.2) is 9.78 Å². The fourth-order valence-electron chi connectivity index (χ4n) is 4.15. The Kier molecular flexibility index (Phi) is 5.85. The molecule has 12 heteroatoms. The van der Waals surface area contributed by atoms with E-state index in [1.54, 1.807) is 5.38 Å². The van der Waals surface area contributed by atoms with Gasteiger partial charge in [0.25, 0.3) is 11.8 Å². The Bertz CT molecular complexity index is 1220. The first-order chi connectivity index (χ1) is 15.7. The molecule has 2 aliphatic rings. The number of carboxylic acids is 1. The van der Waals surface area contributed by atoms with Crippen molar-refractivity contribution in [3.05, 3.63) is 46.4 Å². The molecule has 2 atom stereocenters. The number of β-lactam (4-membered cyclic amide) rings is 1. The summed E-state index contributed by atoms with van der Waals surface area (Å²) in [7, 11) is 1.29. The number of fused-ring (bicyclic) bond motifs is 1. The summed E-state index contributed by atoms with van der Waals surface area (Å²) in [6, 6.07) is 2.48. The van der Waals surface area contributed by atoms with Gasteiger partial charge in [0.1, 0.15) is 18.8 Å². The van der Waals surface area contributed by atoms with E-state index in [4.69, 9.17) is 10.6 Å². The van der Waals surface area contributed by atoms with E-state index in [-0.39, 0.29) is 22.2 Å². The molecule has 0 spiro atoms. The molecule has 2 aromatic heterocycles. The number of pyridine rings is 1. The van der Waals surface area contributed by atoms with Gasteiger partial charge in [0.2, 0.25) is 5.70 Å². The van der Waals surface area contributed by atoms with Crippen LogP contribution in [0.3, 0.4) is 0 Å². The van der Waals surface area contributed by atoms with E-state index in [0.29, 0.717) is 18.5 Å². The quantitative estimate of drug-likeness (QED) is 0.239. The highest BCUT2D eigenvalue weighted by Crippen LogP contribution is 2.37. The van der Waals surface area contributed by atoms with Gasteiger partial charge in [-0.15, -0.1) is 11.3 Å². The molecule has 0 radical (unpaired) electrons. The van der Waals surface area contributed by atoms with Crippen LogP contribution >= 0.6 is 11.3 Å². The Morgan fingerprint density at radius 2 is 2.15 bits per heavy atom. The average Bonchev–Trinajstić information content (AvgIpc) is 3.21. The minimum Gasteiger partial charge on any atom is -0.476 e. The number of aromatic nitrogens is 2. The molecule has 2 aromatic rings. The van der Waals surface area contributed by atoms with Gasteiger partial charge >= 0.3 is 5.97 Å². The molecule has 33 heavy (non-hydrogen) atoms. The van der Waals surface area contributed by atoms with Gasteiger partial charge in [-0.1, -0.05) is 5.16 Å². The van der Waals surface area contributed by atoms with Crippen LogP contribution in [-0.4, -0.2) is 57.7 Å². The topological polar surface area (TPSA) is 151 Å². The SMILES string of the molecule is CO/N=C(/C(=O)N[C@@H]1C(=O)N2C(C(=O)O)=C([n+]3cc(C)ccc3C)CC[C@H]12)c1csc(N)n1. The molecular formula is C21H23N6O5S+. The first-order valence-electron chi connectivity index (χ1n) is 10.1. The van der Waals surface area contributed by atoms with E-state index in [1.807, 2.05) is 36.7 Å². The maximum Gasteiger partial charge on any atom is 0.359 e. The third-order valence-corrected chi connectivity index (χ3v) is 6.33. The Morgan fingerprint density at radius 1 is 1.39 bits per heavy atom. The van der Waals surface area contributed by atoms with Crippen LogP contribution in [0.15, 0.2) is 34.6 Å². The second-order valence-electron chi connectivity index (χ2n) is 7.78. The van der Waals surface area contributed by atoms with Crippen molar-refractivity contribution in [3.8, 4) is 0 Å². The van der Waals surface area contributed by atoms with Gasteiger partial charge in [-0.05, 0) is 19.4 Å². The molecule has 0 unspecified atom stereocenters. The number of nitrogens with two attached hydrogens (primary N) is 1. The van der Waals surface area contributed by atoms with Gasteiger partial charge in [0.15, 0.2) is 28.4 Å². The largest absolute Gasteiger partial charge is 0.476 e. The van der Waals surface area contributed by atoms with Crippen LogP contribution in [0.1, 0.15) is 29.8 Å². The van der Waals surface area contributed by atoms with E-state index < -0.39 is 29.9 Å². The summed E-state index contributed by atoms with van der Waals surface area (Å²) in [5.41, 5.74) is 8.04. The Balaban J connectivity index is 1.61. The van der Waals surface area contributed by atoms with Crippen molar-refractivity contribution in [2.24, 2.45) is 5.16 Å². The number of thiazole rings is 1. The third kappa shape index (κ3) is 3.93. The van der Waals surface area contributed by atoms with Crippen molar-refractivity contribution >= 4 is 45.7 Å². The lowest BCUT2D eigenvalue weighted by Gasteiger charge is -2.48. The number of hydrogen-bond donors (Lipinski definition) is 3. The van der Waals surface area contributed by atoms with Crippen molar-refractivity contribution in [1.29, 1.82) is 0 Å². The predicted octanol–water partition coefficient (Wildman–Crippen LogP) is 0.423. The lowest BCUT2D eigenvalue weighted by molar-refractivity contribution is -0.592. The van der Waals surface area contributed by atoms with Crippen LogP contribution in [0.4, 0.5) is 5.13 Å². The van der Waals surface area contributed by atoms with Crippen molar-refractivity contribution in [3.63, 3.8) is 0 Å². The maximum absolute atomic E-state index is 13.0. The molecule has 0 bridgehead atoms. The number of nitrogen functional groups attached to an aromatic ring is 1. The highest BCUT2D eigenvalue weighted by Gasteiger charge is 2.55. The zero-order valence-electron chi connectivity index (χ0n) is 18.2. The average molecular weight is 472 g/mol. The normalized spacial score (nSPS) is 20.3. The van der Waals surface area contributed by atoms with Crippen LogP contribution in [-0.2, 0) is 19.2 Å². The van der Waals surface area contributed by atoms with E-state index in [2.05, 4.69) is 15.5 Å². The molecule has 172 valence electrons. The molecule has 0 aliphatic carbocycles. The van der Waals surface area contributed by atoms with Crippen LogP contribution in [0.25, 0.3) is 5.70 Å². The standard InChI is InChI=1S/C21H22N6O5S/c1-10-4-5-11(2)26(8-10)14-7-6-13-16(19(29)27(13)17(14)20(30)31)24-18(28)15(25-32-3)12-9-33-21(22)23-12/h4-5,8-9,13,16H,6-7H2,1-3H3,(H3-,22,23,24,28,30,31)/p+1/b25-15+/t13-,16+/m1/s1. The van der Waals surface area contributed by atoms with Crippen molar-refractivity contribution in [2.45, 2.75) is 38.8 Å². The number of hydrogen-bond acceptors (Lipinski definition) is 8. The second kappa shape index (κ2) is 8.62. The number of allylic oxidation sites excluding steroid dienone is 1. The number of nitrogens with zero attached hydrogens (tertiary/aromatic N) is 4. The first kappa shape index (κ1) is 22.4. The molecule has 0 saturated carbocycles. The zero-order valence-corrected chi connectivity index (χ0v) is 19.0. The Morgan fingerprint density at radius 3 is 2.79 bits per heavy atom. The summed E-state index contributed by atoms with van der Waals surface area (Å²) in [4.78, 5) is 48.1. The van der Waals surface area contributed by atoms with Gasteiger partial charge in [0.05, 0.1) is 6.04 Å². The minimum atomic E-state index is -1.19. The summed E-state index contributed by atoms with van der Waals surface area (Å²) in [5.74, 6) is -2.35. The summed E-state index contributed by atoms with van der Waals surface area (Å²) >= 11 is 1.14. The molecule has 2 aliphatic heterocycles. The fourth-order valence-corrected chi connectivity index (χ4v) is 4.70. The van der Waals surface area contributed by atoms with E-state index in [9.17, 15) is 19.5 Å². The van der Waals surface area contributed by atoms with Crippen LogP contribution in [0.2, 0.25) is 0 Å². The van der Waals surface area contributed by atoms with Gasteiger partial charge in [-0.2, -0.15) is 4.57 Å². The number of anilines is 1. The monoisotopic (exact) mass is 471 g/mol. The molecule has 1 fully saturated rings. The maximum atomic E-state index is 13.0. The number of carboxylic acid groups (broad SMARTS) is 1. The fraction of sp³-hybridized carbons (Fsp3) is 0.333. The number of oxime groups is 1. The van der Waals surface area contributed by atoms with E-state index in [0.717, 1.165) is 22.6 Å². The first-order valence-corrected chi connectivity index (χ1v) is 11.0. The summed E-state index contributed by atoms with van der Waals surface area (Å²) in [6.07, 6.45) is 2.77. The molecule has 2 amide bonds. The molecule has 4 heterocycles. The number of carbonyl (C=O) groups excluding carboxylic acids is 2. The van der Waals surface area contributed by atoms with Crippen molar-refractivity contribution in [2.75, 3.05) is 12.8 Å². The lowest BCUT2D eigenvalue weighted by atomic mass is 9.85. The summed E-state index contributed by atoms with van der Waals surface area (Å²) in [5, 5.41) is 18.1. The number of aryl methyl sites for hydroxylation is 2. The van der Waals surface area contributed by atoms with Crippen molar-refractivity contribution < 1.29 is 28.9 Å². The zero-order chi connectivity index (χ0) is 23.9. The molecule has 4 N–H and O–H groups in total. The van der Waals surface area contributed by atoms with Gasteiger partial charge in [0, 0.05) is 30.4 Å². The number of carbonyl (C=O) groups is 3. The van der Waals surface area contributed by atoms with Gasteiger partial charge < -0.3 is 21.0 Å². The molecule has 0 aromatic carbocycles. The number of rotatable bonds is 6. The predicted molar refractivity (Wildman–Crippen MR) is 119 cm³/mol. The second-order valence-corrected chi connectivity index (χ2v) is 8.67. The van der Waals surface area contributed by atoms with Crippen LogP contribution in [0, 0.1) is 13.8 Å². The Hall–Kier alpha value is -3.80. The van der Waals surface area contributed by atoms with Gasteiger partial charge in [-0.3, -0.25) is 14.5 Å². The van der Waals surface area contributed by atoms with Crippen LogP contribution in [0.5, 0.6) is 0 Å². The van der Waals surface area contributed by atoms with E-state index in [1.165, 1.54) is 12.0 Å². The molecular weight excluding hydrogens is 448 g/mol. The Labute approximate surface area is 193 Å². The van der Waals surface area contributed by atoms with Crippen LogP contribution < -0.4 is 15.6 Å². The molecule has 1 saturated heterocycles. The number of nitrogens with one attached hydrogen (secondary N) is 1. The van der Waals surface area contributed by atoms with E-state index >= 15 is 0 Å². The third-order valence-electron chi connectivity index (χ3n) is 5.65. The number of aliphatic carboxylic acids is 1. The number of amides is 2. The highest BCUT2D eigenvalue weighted by atomic mass is 32.1. The minimum absolute atomic E-state index is 0.0708. The molecule has 11 nitrogen and oxygen atoms in total. The highest BCUT2D eigenvalue weighted by molar-refractivity contribution is 7.13. The summed E-state index contributed by atoms with van der Waals surface area (Å²) in [6.45, 7) is 3.79.